The average molecular weight is 194 g/mol. The number of hydrogen-bond acceptors (Lipinski definition) is 2. The zero-order chi connectivity index (χ0) is 10.5. The van der Waals surface area contributed by atoms with Crippen molar-refractivity contribution in [2.24, 2.45) is 0 Å². The third kappa shape index (κ3) is 1.26. The molecule has 0 aromatic heterocycles. The van der Waals surface area contributed by atoms with Gasteiger partial charge in [0, 0.05) is 0 Å². The van der Waals surface area contributed by atoms with Crippen molar-refractivity contribution in [1.82, 2.24) is 0 Å². The van der Waals surface area contributed by atoms with Gasteiger partial charge in [0.2, 0.25) is 0 Å². The van der Waals surface area contributed by atoms with Crippen LogP contribution in [0.5, 0.6) is 0 Å². The van der Waals surface area contributed by atoms with Crippen LogP contribution in [0.25, 0.3) is 0 Å². The van der Waals surface area contributed by atoms with E-state index in [0.717, 1.165) is 5.56 Å². The van der Waals surface area contributed by atoms with Gasteiger partial charge in [-0.2, -0.15) is 0 Å². The fourth-order valence-electron chi connectivity index (χ4n) is 1.84. The van der Waals surface area contributed by atoms with E-state index < -0.39 is 12.7 Å². The smallest absolute Gasteiger partial charge is 0.423 e. The van der Waals surface area contributed by atoms with E-state index in [1.807, 2.05) is 13.8 Å². The van der Waals surface area contributed by atoms with Crippen molar-refractivity contribution in [2.75, 3.05) is 0 Å². The molecule has 0 amide bonds. The Bertz CT molecular complexity index is 390. The molecule has 4 heteroatoms. The summed E-state index contributed by atoms with van der Waals surface area (Å²) in [5, 5.41) is 9.59. The molecule has 74 valence electrons. The second kappa shape index (κ2) is 2.81. The maximum absolute atomic E-state index is 13.3. The second-order valence-corrected chi connectivity index (χ2v) is 4.17. The van der Waals surface area contributed by atoms with Gasteiger partial charge in [-0.05, 0) is 43.4 Å². The molecular weight excluding hydrogens is 182 g/mol. The molecule has 0 saturated carbocycles. The van der Waals surface area contributed by atoms with E-state index in [1.54, 1.807) is 13.0 Å². The molecule has 2 nitrogen and oxygen atoms in total. The van der Waals surface area contributed by atoms with Crippen molar-refractivity contribution in [1.29, 1.82) is 0 Å². The molecule has 0 aliphatic carbocycles. The van der Waals surface area contributed by atoms with Gasteiger partial charge in [-0.25, -0.2) is 4.39 Å². The first kappa shape index (κ1) is 9.68. The maximum atomic E-state index is 13.3. The van der Waals surface area contributed by atoms with E-state index in [-0.39, 0.29) is 5.82 Å². The molecule has 0 radical (unpaired) electrons. The van der Waals surface area contributed by atoms with Gasteiger partial charge in [0.1, 0.15) is 5.82 Å². The normalized spacial score (nSPS) is 18.5. The van der Waals surface area contributed by atoms with Gasteiger partial charge < -0.3 is 9.68 Å². The van der Waals surface area contributed by atoms with Crippen LogP contribution >= 0.6 is 0 Å². The minimum absolute atomic E-state index is 0.255. The van der Waals surface area contributed by atoms with Crippen molar-refractivity contribution < 1.29 is 14.1 Å². The van der Waals surface area contributed by atoms with E-state index >= 15 is 0 Å². The van der Waals surface area contributed by atoms with Gasteiger partial charge in [-0.3, -0.25) is 0 Å². The molecule has 0 unspecified atom stereocenters. The molecule has 0 fully saturated rings. The molecule has 1 N–H and O–H groups in total. The van der Waals surface area contributed by atoms with E-state index in [4.69, 9.17) is 4.65 Å². The Balaban J connectivity index is 2.64. The molecule has 1 aromatic rings. The average Bonchev–Trinajstić information content (AvgIpc) is 2.26. The highest BCUT2D eigenvalue weighted by molar-refractivity contribution is 6.62. The molecule has 1 aliphatic rings. The summed E-state index contributed by atoms with van der Waals surface area (Å²) in [5.74, 6) is -0.255. The van der Waals surface area contributed by atoms with Crippen molar-refractivity contribution in [3.63, 3.8) is 0 Å². The second-order valence-electron chi connectivity index (χ2n) is 4.17. The van der Waals surface area contributed by atoms with Gasteiger partial charge in [0.25, 0.3) is 0 Å². The third-order valence-corrected chi connectivity index (χ3v) is 2.65. The van der Waals surface area contributed by atoms with Gasteiger partial charge in [-0.1, -0.05) is 6.07 Å². The van der Waals surface area contributed by atoms with Crippen molar-refractivity contribution >= 4 is 12.6 Å². The molecule has 1 aliphatic heterocycles. The highest BCUT2D eigenvalue weighted by Gasteiger charge is 2.40. The van der Waals surface area contributed by atoms with E-state index in [1.165, 1.54) is 6.07 Å². The van der Waals surface area contributed by atoms with Crippen LogP contribution in [0.15, 0.2) is 12.1 Å². The van der Waals surface area contributed by atoms with Crippen LogP contribution in [0.4, 0.5) is 4.39 Å². The van der Waals surface area contributed by atoms with Crippen LogP contribution in [0.2, 0.25) is 0 Å². The molecule has 0 saturated heterocycles. The fraction of sp³-hybridized carbons (Fsp3) is 0.400. The predicted molar refractivity (Wildman–Crippen MR) is 52.9 cm³/mol. The SMILES string of the molecule is Cc1cc2c(cc1F)C(C)(C)OB2O. The molecule has 2 rings (SSSR count). The largest absolute Gasteiger partial charge is 0.492 e. The standard InChI is InChI=1S/C10H12BFO2/c1-6-4-8-7(5-9(6)12)10(2,3)14-11(8)13/h4-5,13H,1-3H3. The van der Waals surface area contributed by atoms with Gasteiger partial charge in [-0.15, -0.1) is 0 Å². The quantitative estimate of drug-likeness (QED) is 0.626. The Morgan fingerprint density at radius 1 is 1.43 bits per heavy atom. The summed E-state index contributed by atoms with van der Waals surface area (Å²) in [7, 11) is -0.931. The lowest BCUT2D eigenvalue weighted by Gasteiger charge is -2.19. The Hall–Kier alpha value is -0.865. The van der Waals surface area contributed by atoms with Crippen LogP contribution in [-0.4, -0.2) is 12.1 Å². The van der Waals surface area contributed by atoms with Gasteiger partial charge in [0.05, 0.1) is 5.60 Å². The molecular formula is C10H12BFO2. The van der Waals surface area contributed by atoms with Crippen LogP contribution in [0.1, 0.15) is 25.0 Å². The first-order valence-corrected chi connectivity index (χ1v) is 4.58. The third-order valence-electron chi connectivity index (χ3n) is 2.65. The van der Waals surface area contributed by atoms with Crippen LogP contribution in [-0.2, 0) is 10.3 Å². The highest BCUT2D eigenvalue weighted by atomic mass is 19.1. The number of hydrogen-bond donors (Lipinski definition) is 1. The highest BCUT2D eigenvalue weighted by Crippen LogP contribution is 2.30. The summed E-state index contributed by atoms with van der Waals surface area (Å²) < 4.78 is 18.6. The molecule has 1 aromatic carbocycles. The topological polar surface area (TPSA) is 29.5 Å². The molecule has 1 heterocycles. The van der Waals surface area contributed by atoms with Gasteiger partial charge in [0.15, 0.2) is 0 Å². The number of aryl methyl sites for hydroxylation is 1. The number of benzene rings is 1. The zero-order valence-corrected chi connectivity index (χ0v) is 8.47. The summed E-state index contributed by atoms with van der Waals surface area (Å²) in [6.07, 6.45) is 0. The Kier molecular flexibility index (Phi) is 1.94. The lowest BCUT2D eigenvalue weighted by molar-refractivity contribution is 0.100. The van der Waals surface area contributed by atoms with Crippen LogP contribution in [0, 0.1) is 12.7 Å². The first-order valence-electron chi connectivity index (χ1n) is 4.58. The minimum Gasteiger partial charge on any atom is -0.423 e. The Morgan fingerprint density at radius 2 is 2.07 bits per heavy atom. The van der Waals surface area contributed by atoms with E-state index in [2.05, 4.69) is 0 Å². The molecule has 0 spiro atoms. The summed E-state index contributed by atoms with van der Waals surface area (Å²) in [4.78, 5) is 0. The fourth-order valence-corrected chi connectivity index (χ4v) is 1.84. The summed E-state index contributed by atoms with van der Waals surface area (Å²) in [6.45, 7) is 5.31. The molecule has 14 heavy (non-hydrogen) atoms. The Morgan fingerprint density at radius 3 is 2.71 bits per heavy atom. The lowest BCUT2D eigenvalue weighted by Crippen LogP contribution is -2.28. The molecule has 0 atom stereocenters. The van der Waals surface area contributed by atoms with E-state index in [9.17, 15) is 9.41 Å². The van der Waals surface area contributed by atoms with Crippen molar-refractivity contribution in [2.45, 2.75) is 26.4 Å². The number of rotatable bonds is 0. The summed E-state index contributed by atoms with van der Waals surface area (Å²) >= 11 is 0. The van der Waals surface area contributed by atoms with Crippen molar-refractivity contribution in [3.05, 3.63) is 29.1 Å². The van der Waals surface area contributed by atoms with Crippen LogP contribution in [0.3, 0.4) is 0 Å². The number of halogens is 1. The van der Waals surface area contributed by atoms with E-state index in [0.29, 0.717) is 11.0 Å². The summed E-state index contributed by atoms with van der Waals surface area (Å²) in [5.41, 5.74) is 1.33. The number of fused-ring (bicyclic) bond motifs is 1. The van der Waals surface area contributed by atoms with Crippen LogP contribution < -0.4 is 5.46 Å². The summed E-state index contributed by atoms with van der Waals surface area (Å²) in [6, 6.07) is 3.09. The minimum atomic E-state index is -0.931. The molecule has 0 bridgehead atoms. The Labute approximate surface area is 82.9 Å². The zero-order valence-electron chi connectivity index (χ0n) is 8.47. The maximum Gasteiger partial charge on any atom is 0.492 e. The van der Waals surface area contributed by atoms with Crippen molar-refractivity contribution in [3.8, 4) is 0 Å². The van der Waals surface area contributed by atoms with Gasteiger partial charge >= 0.3 is 7.12 Å². The monoisotopic (exact) mass is 194 g/mol. The predicted octanol–water partition coefficient (Wildman–Crippen LogP) is 1.09. The first-order chi connectivity index (χ1) is 6.42. The lowest BCUT2D eigenvalue weighted by atomic mass is 9.77.